The van der Waals surface area contributed by atoms with Gasteiger partial charge in [0, 0.05) is 18.6 Å². The molecule has 0 aliphatic carbocycles. The number of methoxy groups -OCH3 is 1. The van der Waals surface area contributed by atoms with Crippen LogP contribution in [0.3, 0.4) is 0 Å². The van der Waals surface area contributed by atoms with E-state index in [9.17, 15) is 4.79 Å². The van der Waals surface area contributed by atoms with Crippen molar-refractivity contribution >= 4 is 23.4 Å². The Kier molecular flexibility index (Phi) is 3.11. The van der Waals surface area contributed by atoms with Gasteiger partial charge in [-0.1, -0.05) is 0 Å². The van der Waals surface area contributed by atoms with E-state index in [1.54, 1.807) is 6.20 Å². The summed E-state index contributed by atoms with van der Waals surface area (Å²) < 4.78 is 6.10. The predicted molar refractivity (Wildman–Crippen MR) is 67.1 cm³/mol. The predicted octanol–water partition coefficient (Wildman–Crippen LogP) is 2.38. The molecular weight excluding hydrogens is 236 g/mol. The fourth-order valence-electron chi connectivity index (χ4n) is 1.56. The van der Waals surface area contributed by atoms with Crippen molar-refractivity contribution in [3.63, 3.8) is 0 Å². The third kappa shape index (κ3) is 2.29. The fourth-order valence-corrected chi connectivity index (χ4v) is 2.68. The van der Waals surface area contributed by atoms with Crippen molar-refractivity contribution in [1.29, 1.82) is 0 Å². The Hall–Kier alpha value is -1.49. The second-order valence-corrected chi connectivity index (χ2v) is 5.80. The van der Waals surface area contributed by atoms with Crippen molar-refractivity contribution in [2.75, 3.05) is 7.11 Å². The molecule has 0 fully saturated rings. The number of pyridine rings is 1. The molecule has 0 spiro atoms. The number of rotatable bonds is 3. The maximum Gasteiger partial charge on any atom is 0.321 e. The minimum atomic E-state index is -0.622. The number of carbonyl (C=O) groups is 1. The minimum Gasteiger partial charge on any atom is -0.468 e. The van der Waals surface area contributed by atoms with Gasteiger partial charge >= 0.3 is 5.97 Å². The van der Waals surface area contributed by atoms with Gasteiger partial charge in [0.25, 0.3) is 0 Å². The van der Waals surface area contributed by atoms with E-state index in [4.69, 9.17) is 4.74 Å². The van der Waals surface area contributed by atoms with E-state index in [-0.39, 0.29) is 5.97 Å². The summed E-state index contributed by atoms with van der Waals surface area (Å²) in [5.41, 5.74) is 0.856. The second kappa shape index (κ2) is 4.41. The number of fused-ring (bicyclic) bond motifs is 1. The lowest BCUT2D eigenvalue weighted by Gasteiger charge is -2.20. The summed E-state index contributed by atoms with van der Waals surface area (Å²) in [6.07, 6.45) is 5.55. The second-order valence-electron chi connectivity index (χ2n) is 4.13. The molecule has 2 aromatic rings. The van der Waals surface area contributed by atoms with Crippen molar-refractivity contribution in [2.45, 2.75) is 23.5 Å². The third-order valence-corrected chi connectivity index (χ3v) is 3.64. The number of imidazole rings is 1. The lowest BCUT2D eigenvalue weighted by Crippen LogP contribution is -2.28. The quantitative estimate of drug-likeness (QED) is 0.619. The first-order chi connectivity index (χ1) is 8.04. The Labute approximate surface area is 104 Å². The lowest BCUT2D eigenvalue weighted by atomic mass is 10.2. The van der Waals surface area contributed by atoms with Gasteiger partial charge in [0.2, 0.25) is 0 Å². The number of hydrogen-bond acceptors (Lipinski definition) is 4. The maximum absolute atomic E-state index is 11.6. The number of carbonyl (C=O) groups excluding carboxylic acids is 1. The number of thioether (sulfide) groups is 1. The molecule has 17 heavy (non-hydrogen) atoms. The summed E-state index contributed by atoms with van der Waals surface area (Å²) in [7, 11) is 1.40. The molecule has 0 radical (unpaired) electrons. The molecule has 0 unspecified atom stereocenters. The number of nitrogens with zero attached hydrogens (tertiary/aromatic N) is 2. The molecular formula is C12H14N2O2S. The molecule has 0 aromatic carbocycles. The molecule has 0 amide bonds. The number of aromatic nitrogens is 2. The highest BCUT2D eigenvalue weighted by atomic mass is 32.2. The van der Waals surface area contributed by atoms with Crippen LogP contribution >= 0.6 is 11.8 Å². The van der Waals surface area contributed by atoms with E-state index in [1.807, 2.05) is 42.8 Å². The van der Waals surface area contributed by atoms with E-state index < -0.39 is 4.75 Å². The van der Waals surface area contributed by atoms with Gasteiger partial charge in [-0.25, -0.2) is 4.98 Å². The van der Waals surface area contributed by atoms with Crippen LogP contribution in [0.15, 0.2) is 35.6 Å². The standard InChI is InChI=1S/C12H14N2O2S/c1-12(2,11(15)16-3)17-9-5-4-7-14-8-6-13-10(9)14/h4-8H,1-3H3. The zero-order valence-electron chi connectivity index (χ0n) is 10.0. The van der Waals surface area contributed by atoms with Gasteiger partial charge in [0.05, 0.1) is 12.0 Å². The van der Waals surface area contributed by atoms with Gasteiger partial charge < -0.3 is 9.14 Å². The Balaban J connectivity index is 2.35. The molecule has 0 N–H and O–H groups in total. The van der Waals surface area contributed by atoms with Crippen LogP contribution in [-0.2, 0) is 9.53 Å². The van der Waals surface area contributed by atoms with Gasteiger partial charge in [-0.3, -0.25) is 4.79 Å². The fraction of sp³-hybridized carbons (Fsp3) is 0.333. The summed E-state index contributed by atoms with van der Waals surface area (Å²) in [5, 5.41) is 0. The highest BCUT2D eigenvalue weighted by Gasteiger charge is 2.30. The topological polar surface area (TPSA) is 43.6 Å². The van der Waals surface area contributed by atoms with Crippen molar-refractivity contribution < 1.29 is 9.53 Å². The monoisotopic (exact) mass is 250 g/mol. The first-order valence-corrected chi connectivity index (χ1v) is 6.05. The zero-order valence-corrected chi connectivity index (χ0v) is 10.8. The molecule has 0 aliphatic rings. The molecule has 0 aliphatic heterocycles. The van der Waals surface area contributed by atoms with Gasteiger partial charge in [-0.2, -0.15) is 0 Å². The smallest absolute Gasteiger partial charge is 0.321 e. The van der Waals surface area contributed by atoms with Crippen molar-refractivity contribution in [2.24, 2.45) is 0 Å². The maximum atomic E-state index is 11.6. The van der Waals surface area contributed by atoms with Crippen LogP contribution < -0.4 is 0 Å². The SMILES string of the molecule is COC(=O)C(C)(C)Sc1cccn2ccnc12. The van der Waals surface area contributed by atoms with E-state index in [0.717, 1.165) is 10.5 Å². The highest BCUT2D eigenvalue weighted by Crippen LogP contribution is 2.35. The summed E-state index contributed by atoms with van der Waals surface area (Å²) in [5.74, 6) is -0.240. The first kappa shape index (κ1) is 12.0. The van der Waals surface area contributed by atoms with Gasteiger partial charge in [-0.05, 0) is 26.0 Å². The van der Waals surface area contributed by atoms with Crippen LogP contribution in [0.2, 0.25) is 0 Å². The number of hydrogen-bond donors (Lipinski definition) is 0. The average molecular weight is 250 g/mol. The van der Waals surface area contributed by atoms with Crippen LogP contribution in [0.4, 0.5) is 0 Å². The highest BCUT2D eigenvalue weighted by molar-refractivity contribution is 8.01. The van der Waals surface area contributed by atoms with Gasteiger partial charge in [-0.15, -0.1) is 11.8 Å². The zero-order chi connectivity index (χ0) is 12.5. The van der Waals surface area contributed by atoms with Crippen LogP contribution in [-0.4, -0.2) is 27.2 Å². The summed E-state index contributed by atoms with van der Waals surface area (Å²) in [6, 6.07) is 3.89. The molecule has 2 aromatic heterocycles. The molecule has 0 saturated carbocycles. The molecule has 2 heterocycles. The average Bonchev–Trinajstić information content (AvgIpc) is 2.76. The molecule has 2 rings (SSSR count). The summed E-state index contributed by atoms with van der Waals surface area (Å²) in [6.45, 7) is 3.69. The number of esters is 1. The molecule has 4 nitrogen and oxygen atoms in total. The van der Waals surface area contributed by atoms with Crippen molar-refractivity contribution in [3.8, 4) is 0 Å². The normalized spacial score (nSPS) is 11.7. The van der Waals surface area contributed by atoms with Crippen LogP contribution in [0.25, 0.3) is 5.65 Å². The molecule has 0 bridgehead atoms. The Morgan fingerprint density at radius 1 is 1.47 bits per heavy atom. The van der Waals surface area contributed by atoms with Crippen LogP contribution in [0.5, 0.6) is 0 Å². The van der Waals surface area contributed by atoms with Gasteiger partial charge in [0.1, 0.15) is 10.4 Å². The van der Waals surface area contributed by atoms with E-state index in [1.165, 1.54) is 18.9 Å². The Morgan fingerprint density at radius 3 is 2.94 bits per heavy atom. The van der Waals surface area contributed by atoms with E-state index in [2.05, 4.69) is 4.98 Å². The third-order valence-electron chi connectivity index (χ3n) is 2.43. The lowest BCUT2D eigenvalue weighted by molar-refractivity contribution is -0.142. The van der Waals surface area contributed by atoms with Crippen LogP contribution in [0, 0.1) is 0 Å². The number of ether oxygens (including phenoxy) is 1. The van der Waals surface area contributed by atoms with Crippen molar-refractivity contribution in [1.82, 2.24) is 9.38 Å². The molecule has 0 saturated heterocycles. The van der Waals surface area contributed by atoms with Crippen molar-refractivity contribution in [3.05, 3.63) is 30.7 Å². The molecule has 0 atom stereocenters. The van der Waals surface area contributed by atoms with Gasteiger partial charge in [0.15, 0.2) is 0 Å². The molecule has 5 heteroatoms. The van der Waals surface area contributed by atoms with E-state index >= 15 is 0 Å². The minimum absolute atomic E-state index is 0.240. The van der Waals surface area contributed by atoms with E-state index in [0.29, 0.717) is 0 Å². The first-order valence-electron chi connectivity index (χ1n) is 5.24. The Morgan fingerprint density at radius 2 is 2.24 bits per heavy atom. The van der Waals surface area contributed by atoms with Crippen LogP contribution in [0.1, 0.15) is 13.8 Å². The summed E-state index contributed by atoms with van der Waals surface area (Å²) >= 11 is 1.45. The largest absolute Gasteiger partial charge is 0.468 e. The molecule has 90 valence electrons. The summed E-state index contributed by atoms with van der Waals surface area (Å²) in [4.78, 5) is 16.9. The Bertz CT molecular complexity index is 548.